The van der Waals surface area contributed by atoms with E-state index in [9.17, 15) is 33.0 Å². The van der Waals surface area contributed by atoms with E-state index in [1.54, 1.807) is 6.07 Å². The highest BCUT2D eigenvalue weighted by Crippen LogP contribution is 2.30. The second-order valence-corrected chi connectivity index (χ2v) is 8.11. The third-order valence-electron chi connectivity index (χ3n) is 5.73. The highest BCUT2D eigenvalue weighted by atomic mass is 19.1. The van der Waals surface area contributed by atoms with Gasteiger partial charge in [0, 0.05) is 35.3 Å². The number of rotatable bonds is 8. The molecule has 0 spiro atoms. The fourth-order valence-electron chi connectivity index (χ4n) is 3.92. The summed E-state index contributed by atoms with van der Waals surface area (Å²) in [7, 11) is 1.39. The lowest BCUT2D eigenvalue weighted by atomic mass is 9.98. The van der Waals surface area contributed by atoms with Gasteiger partial charge in [-0.05, 0) is 30.4 Å². The van der Waals surface area contributed by atoms with Gasteiger partial charge in [-0.25, -0.2) is 18.0 Å². The minimum atomic E-state index is -1.41. The Balaban J connectivity index is 2.19. The lowest BCUT2D eigenvalue weighted by molar-refractivity contribution is 0.0694. The first-order valence-electron chi connectivity index (χ1n) is 10.3. The summed E-state index contributed by atoms with van der Waals surface area (Å²) >= 11 is 0. The van der Waals surface area contributed by atoms with E-state index in [0.29, 0.717) is 29.0 Å². The third kappa shape index (κ3) is 4.73. The average Bonchev–Trinajstić information content (AvgIpc) is 2.74. The van der Waals surface area contributed by atoms with Crippen LogP contribution in [0.1, 0.15) is 41.4 Å². The fraction of sp³-hybridized carbons (Fsp3) is 0.333. The number of nitrogens with zero attached hydrogens (tertiary/aromatic N) is 1. The highest BCUT2D eigenvalue weighted by molar-refractivity contribution is 5.93. The maximum Gasteiger partial charge on any atom is 0.341 e. The Labute approximate surface area is 187 Å². The number of carboxylic acid groups (broad SMARTS) is 1. The van der Waals surface area contributed by atoms with Crippen LogP contribution in [0.2, 0.25) is 0 Å². The smallest absolute Gasteiger partial charge is 0.341 e. The van der Waals surface area contributed by atoms with E-state index in [1.807, 2.05) is 13.8 Å². The molecule has 3 rings (SSSR count). The van der Waals surface area contributed by atoms with Crippen molar-refractivity contribution >= 4 is 16.9 Å². The van der Waals surface area contributed by atoms with Crippen LogP contribution in [0.5, 0.6) is 5.75 Å². The molecule has 0 amide bonds. The van der Waals surface area contributed by atoms with Crippen LogP contribution < -0.4 is 10.2 Å². The normalized spacial score (nSPS) is 12.4. The van der Waals surface area contributed by atoms with Crippen LogP contribution >= 0.6 is 0 Å². The van der Waals surface area contributed by atoms with Gasteiger partial charge in [-0.2, -0.15) is 0 Å². The summed E-state index contributed by atoms with van der Waals surface area (Å²) in [5.41, 5.74) is -0.720. The van der Waals surface area contributed by atoms with Gasteiger partial charge in [-0.15, -0.1) is 0 Å². The minimum Gasteiger partial charge on any atom is -0.496 e. The summed E-state index contributed by atoms with van der Waals surface area (Å²) in [6.45, 7) is 3.41. The van der Waals surface area contributed by atoms with Crippen molar-refractivity contribution in [3.63, 3.8) is 0 Å². The molecule has 1 atom stereocenters. The molecule has 0 radical (unpaired) electrons. The van der Waals surface area contributed by atoms with Crippen molar-refractivity contribution in [3.8, 4) is 5.75 Å². The van der Waals surface area contributed by atoms with Gasteiger partial charge in [0.1, 0.15) is 28.8 Å². The van der Waals surface area contributed by atoms with E-state index in [1.165, 1.54) is 23.9 Å². The second-order valence-electron chi connectivity index (χ2n) is 8.11. The zero-order valence-corrected chi connectivity index (χ0v) is 18.4. The number of benzene rings is 2. The maximum atomic E-state index is 14.1. The Morgan fingerprint density at radius 3 is 2.24 bits per heavy atom. The Hall–Kier alpha value is -3.33. The number of methoxy groups -OCH3 is 1. The van der Waals surface area contributed by atoms with Crippen molar-refractivity contribution in [2.75, 3.05) is 13.7 Å². The minimum absolute atomic E-state index is 0.0446. The quantitative estimate of drug-likeness (QED) is 0.525. The number of hydrogen-bond donors (Lipinski definition) is 2. The van der Waals surface area contributed by atoms with Gasteiger partial charge in [0.2, 0.25) is 5.43 Å². The summed E-state index contributed by atoms with van der Waals surface area (Å²) in [5.74, 6) is -4.25. The van der Waals surface area contributed by atoms with E-state index >= 15 is 0 Å². The molecule has 0 aliphatic rings. The molecule has 1 aromatic heterocycles. The van der Waals surface area contributed by atoms with E-state index in [2.05, 4.69) is 0 Å². The average molecular weight is 463 g/mol. The fourth-order valence-corrected chi connectivity index (χ4v) is 3.92. The molecule has 0 aliphatic carbocycles. The van der Waals surface area contributed by atoms with Gasteiger partial charge in [0.25, 0.3) is 0 Å². The number of aryl methyl sites for hydroxylation is 1. The van der Waals surface area contributed by atoms with Crippen molar-refractivity contribution in [1.82, 2.24) is 4.57 Å². The number of fused-ring (bicyclic) bond motifs is 1. The summed E-state index contributed by atoms with van der Waals surface area (Å²) in [6, 6.07) is 3.65. The number of ether oxygens (including phenoxy) is 1. The lowest BCUT2D eigenvalue weighted by Gasteiger charge is -2.25. The summed E-state index contributed by atoms with van der Waals surface area (Å²) in [5, 5.41) is 19.5. The molecule has 0 saturated carbocycles. The number of halogens is 3. The van der Waals surface area contributed by atoms with Crippen molar-refractivity contribution in [2.45, 2.75) is 32.7 Å². The van der Waals surface area contributed by atoms with Crippen LogP contribution in [0.4, 0.5) is 13.2 Å². The second kappa shape index (κ2) is 9.66. The molecule has 0 unspecified atom stereocenters. The van der Waals surface area contributed by atoms with Crippen molar-refractivity contribution < 1.29 is 32.9 Å². The molecule has 3 aromatic rings. The van der Waals surface area contributed by atoms with Gasteiger partial charge in [-0.3, -0.25) is 4.79 Å². The van der Waals surface area contributed by atoms with Gasteiger partial charge >= 0.3 is 5.97 Å². The largest absolute Gasteiger partial charge is 0.496 e. The number of carbonyl (C=O) groups is 1. The predicted octanol–water partition coefficient (Wildman–Crippen LogP) is 4.10. The molecule has 1 heterocycles. The van der Waals surface area contributed by atoms with Crippen molar-refractivity contribution in [3.05, 3.63) is 74.8 Å². The predicted molar refractivity (Wildman–Crippen MR) is 116 cm³/mol. The van der Waals surface area contributed by atoms with Crippen LogP contribution in [0.15, 0.2) is 35.3 Å². The van der Waals surface area contributed by atoms with Crippen LogP contribution in [-0.4, -0.2) is 34.5 Å². The summed E-state index contributed by atoms with van der Waals surface area (Å²) < 4.78 is 48.3. The van der Waals surface area contributed by atoms with Gasteiger partial charge in [-0.1, -0.05) is 13.8 Å². The third-order valence-corrected chi connectivity index (χ3v) is 5.73. The van der Waals surface area contributed by atoms with E-state index in [-0.39, 0.29) is 36.3 Å². The van der Waals surface area contributed by atoms with E-state index in [4.69, 9.17) is 4.74 Å². The Morgan fingerprint density at radius 1 is 1.09 bits per heavy atom. The molecule has 2 N–H and O–H groups in total. The number of carboxylic acids is 1. The first-order valence-corrected chi connectivity index (χ1v) is 10.3. The first kappa shape index (κ1) is 24.3. The molecule has 6 nitrogen and oxygen atoms in total. The number of aliphatic hydroxyl groups excluding tert-OH is 1. The number of hydrogen-bond acceptors (Lipinski definition) is 4. The Bertz CT molecular complexity index is 1250. The summed E-state index contributed by atoms with van der Waals surface area (Å²) in [4.78, 5) is 24.6. The topological polar surface area (TPSA) is 88.8 Å². The number of pyridine rings is 1. The van der Waals surface area contributed by atoms with Crippen LogP contribution in [0, 0.1) is 23.4 Å². The lowest BCUT2D eigenvalue weighted by Crippen LogP contribution is -2.25. The number of aromatic nitrogens is 1. The zero-order chi connectivity index (χ0) is 24.4. The zero-order valence-electron chi connectivity index (χ0n) is 18.4. The standard InChI is InChI=1S/C24H24F3NO5/c1-12(2)21(11-29)28-10-17(24(31)32)23(30)16-6-13(22(33-3)9-20(16)28)4-5-15-18(26)7-14(25)8-19(15)27/h6-10,12,21,29H,4-5,11H2,1-3H3,(H,31,32)/t21-/m1/s1. The molecular weight excluding hydrogens is 439 g/mol. The van der Waals surface area contributed by atoms with Crippen molar-refractivity contribution in [2.24, 2.45) is 5.92 Å². The van der Waals surface area contributed by atoms with Gasteiger partial charge in [0.05, 0.1) is 25.3 Å². The molecule has 0 fully saturated rings. The first-order chi connectivity index (χ1) is 15.6. The molecular formula is C24H24F3NO5. The molecule has 0 aliphatic heterocycles. The SMILES string of the molecule is COc1cc2c(cc1CCc1c(F)cc(F)cc1F)c(=O)c(C(=O)O)cn2[C@H](CO)C(C)C. The van der Waals surface area contributed by atoms with Crippen LogP contribution in [0.3, 0.4) is 0 Å². The van der Waals surface area contributed by atoms with Crippen molar-refractivity contribution in [1.29, 1.82) is 0 Å². The van der Waals surface area contributed by atoms with E-state index < -0.39 is 40.5 Å². The van der Waals surface area contributed by atoms with E-state index in [0.717, 1.165) is 0 Å². The van der Waals surface area contributed by atoms with Crippen LogP contribution in [-0.2, 0) is 12.8 Å². The monoisotopic (exact) mass is 463 g/mol. The number of aromatic carboxylic acids is 1. The number of aliphatic hydroxyl groups is 1. The molecule has 9 heteroatoms. The molecule has 2 aromatic carbocycles. The van der Waals surface area contributed by atoms with Gasteiger partial charge < -0.3 is 19.5 Å². The Kier molecular flexibility index (Phi) is 7.12. The molecule has 0 saturated heterocycles. The molecule has 0 bridgehead atoms. The van der Waals surface area contributed by atoms with Crippen LogP contribution in [0.25, 0.3) is 10.9 Å². The molecule has 33 heavy (non-hydrogen) atoms. The maximum absolute atomic E-state index is 14.1. The summed E-state index contributed by atoms with van der Waals surface area (Å²) in [6.07, 6.45) is 1.11. The van der Waals surface area contributed by atoms with Gasteiger partial charge in [0.15, 0.2) is 0 Å². The molecule has 176 valence electrons. The Morgan fingerprint density at radius 2 is 1.73 bits per heavy atom. The highest BCUT2D eigenvalue weighted by Gasteiger charge is 2.23.